The van der Waals surface area contributed by atoms with Gasteiger partial charge >= 0.3 is 0 Å². The molecule has 1 aromatic heterocycles. The molecule has 1 aliphatic heterocycles. The van der Waals surface area contributed by atoms with Gasteiger partial charge in [0.1, 0.15) is 12.4 Å². The Morgan fingerprint density at radius 3 is 2.62 bits per heavy atom. The lowest BCUT2D eigenvalue weighted by Crippen LogP contribution is -2.47. The Labute approximate surface area is 186 Å². The highest BCUT2D eigenvalue weighted by Crippen LogP contribution is 2.23. The number of fused-ring (bicyclic) bond motifs is 1. The number of hydrogen-bond acceptors (Lipinski definition) is 5. The van der Waals surface area contributed by atoms with Crippen molar-refractivity contribution >= 4 is 5.91 Å². The number of nitrogens with zero attached hydrogens (tertiary/aromatic N) is 2. The Hall–Kier alpha value is -3.74. The third-order valence-corrected chi connectivity index (χ3v) is 5.61. The van der Waals surface area contributed by atoms with Gasteiger partial charge in [-0.3, -0.25) is 14.3 Å². The number of aromatic hydroxyl groups is 1. The van der Waals surface area contributed by atoms with Gasteiger partial charge in [0.2, 0.25) is 5.43 Å². The zero-order valence-electron chi connectivity index (χ0n) is 18.0. The molecule has 1 aliphatic rings. The molecule has 1 atom stereocenters. The van der Waals surface area contributed by atoms with Gasteiger partial charge in [-0.05, 0) is 29.5 Å². The van der Waals surface area contributed by atoms with Crippen molar-refractivity contribution in [2.45, 2.75) is 19.8 Å². The average Bonchev–Trinajstić information content (AvgIpc) is 2.80. The van der Waals surface area contributed by atoms with Crippen LogP contribution >= 0.6 is 0 Å². The Balaban J connectivity index is 1.33. The molecule has 2 N–H and O–H groups in total. The molecule has 0 aliphatic carbocycles. The van der Waals surface area contributed by atoms with E-state index in [1.165, 1.54) is 22.5 Å². The van der Waals surface area contributed by atoms with Crippen molar-refractivity contribution in [1.29, 1.82) is 0 Å². The predicted octanol–water partition coefficient (Wildman–Crippen LogP) is 3.21. The fraction of sp³-hybridized carbons (Fsp3) is 0.280. The van der Waals surface area contributed by atoms with E-state index in [2.05, 4.69) is 30.5 Å². The summed E-state index contributed by atoms with van der Waals surface area (Å²) < 4.78 is 7.48. The van der Waals surface area contributed by atoms with Crippen molar-refractivity contribution in [3.63, 3.8) is 0 Å². The number of rotatable bonds is 8. The molecular formula is C25H27N3O4. The molecule has 4 rings (SSSR count). The van der Waals surface area contributed by atoms with Crippen LogP contribution in [-0.4, -0.2) is 40.4 Å². The molecule has 0 saturated heterocycles. The summed E-state index contributed by atoms with van der Waals surface area (Å²) in [6, 6.07) is 19.6. The third-order valence-electron chi connectivity index (χ3n) is 5.61. The second-order valence-corrected chi connectivity index (χ2v) is 8.10. The fourth-order valence-electron chi connectivity index (χ4n) is 3.84. The molecule has 0 bridgehead atoms. The van der Waals surface area contributed by atoms with Crippen LogP contribution in [0.3, 0.4) is 0 Å². The summed E-state index contributed by atoms with van der Waals surface area (Å²) in [6.45, 7) is 3.38. The monoisotopic (exact) mass is 433 g/mol. The number of hydrogen-bond donors (Lipinski definition) is 2. The van der Waals surface area contributed by atoms with Crippen LogP contribution < -0.4 is 15.6 Å². The maximum atomic E-state index is 12.8. The summed E-state index contributed by atoms with van der Waals surface area (Å²) in [5.74, 6) is 0.157. The van der Waals surface area contributed by atoms with Gasteiger partial charge in [-0.25, -0.2) is 0 Å². The van der Waals surface area contributed by atoms with Crippen LogP contribution in [0.2, 0.25) is 0 Å². The molecule has 2 aromatic carbocycles. The van der Waals surface area contributed by atoms with Gasteiger partial charge in [-0.15, -0.1) is 0 Å². The molecule has 0 saturated carbocycles. The van der Waals surface area contributed by atoms with Crippen molar-refractivity contribution < 1.29 is 14.6 Å². The molecule has 1 unspecified atom stereocenters. The number of aromatic nitrogens is 1. The molecule has 0 fully saturated rings. The SMILES string of the molecule is CC(CCOc1ccccc1Cc1ccccc1)CN1CNn2ccc(=O)c(O)c2C1=O. The maximum absolute atomic E-state index is 12.8. The molecule has 0 spiro atoms. The Morgan fingerprint density at radius 2 is 1.81 bits per heavy atom. The fourth-order valence-corrected chi connectivity index (χ4v) is 3.84. The molecule has 0 radical (unpaired) electrons. The highest BCUT2D eigenvalue weighted by Gasteiger charge is 2.28. The summed E-state index contributed by atoms with van der Waals surface area (Å²) in [5, 5.41) is 10.0. The third kappa shape index (κ3) is 4.77. The molecule has 2 heterocycles. The molecule has 3 aromatic rings. The van der Waals surface area contributed by atoms with E-state index in [0.29, 0.717) is 19.8 Å². The number of para-hydroxylation sites is 1. The van der Waals surface area contributed by atoms with Crippen molar-refractivity contribution in [2.75, 3.05) is 25.2 Å². The smallest absolute Gasteiger partial charge is 0.277 e. The van der Waals surface area contributed by atoms with Crippen molar-refractivity contribution in [3.05, 3.63) is 93.9 Å². The number of pyridine rings is 1. The highest BCUT2D eigenvalue weighted by atomic mass is 16.5. The molecule has 7 nitrogen and oxygen atoms in total. The standard InChI is InChI=1S/C25H27N3O4/c1-18(16-27-17-26-28-13-11-21(29)24(30)23(28)25(27)31)12-14-32-22-10-6-5-9-20(22)15-19-7-3-2-4-8-19/h2-11,13,18,26,30H,12,14-17H2,1H3. The Kier molecular flexibility index (Phi) is 6.44. The highest BCUT2D eigenvalue weighted by molar-refractivity contribution is 5.96. The minimum Gasteiger partial charge on any atom is -0.502 e. The zero-order valence-corrected chi connectivity index (χ0v) is 18.0. The number of carbonyl (C=O) groups excluding carboxylic acids is 1. The van der Waals surface area contributed by atoms with E-state index in [1.54, 1.807) is 4.90 Å². The van der Waals surface area contributed by atoms with E-state index in [9.17, 15) is 14.7 Å². The molecule has 7 heteroatoms. The van der Waals surface area contributed by atoms with Gasteiger partial charge in [-0.1, -0.05) is 55.5 Å². The van der Waals surface area contributed by atoms with E-state index in [1.807, 2.05) is 36.4 Å². The summed E-state index contributed by atoms with van der Waals surface area (Å²) in [6.07, 6.45) is 3.02. The number of benzene rings is 2. The Morgan fingerprint density at radius 1 is 1.06 bits per heavy atom. The molecule has 166 valence electrons. The van der Waals surface area contributed by atoms with Crippen LogP contribution in [0.4, 0.5) is 0 Å². The van der Waals surface area contributed by atoms with Crippen LogP contribution in [-0.2, 0) is 6.42 Å². The van der Waals surface area contributed by atoms with Gasteiger partial charge in [0.15, 0.2) is 11.4 Å². The predicted molar refractivity (Wildman–Crippen MR) is 123 cm³/mol. The first-order valence-electron chi connectivity index (χ1n) is 10.8. The van der Waals surface area contributed by atoms with E-state index >= 15 is 0 Å². The van der Waals surface area contributed by atoms with E-state index in [-0.39, 0.29) is 17.5 Å². The van der Waals surface area contributed by atoms with E-state index < -0.39 is 11.2 Å². The minimum absolute atomic E-state index is 0.0259. The van der Waals surface area contributed by atoms with Crippen molar-refractivity contribution in [2.24, 2.45) is 5.92 Å². The van der Waals surface area contributed by atoms with Crippen LogP contribution in [0.5, 0.6) is 11.5 Å². The zero-order chi connectivity index (χ0) is 22.5. The summed E-state index contributed by atoms with van der Waals surface area (Å²) in [7, 11) is 0. The number of nitrogens with one attached hydrogen (secondary N) is 1. The quantitative estimate of drug-likeness (QED) is 0.570. The van der Waals surface area contributed by atoms with E-state index in [4.69, 9.17) is 4.74 Å². The molecule has 32 heavy (non-hydrogen) atoms. The second kappa shape index (κ2) is 9.60. The van der Waals surface area contributed by atoms with Gasteiger partial charge < -0.3 is 20.2 Å². The maximum Gasteiger partial charge on any atom is 0.277 e. The average molecular weight is 434 g/mol. The van der Waals surface area contributed by atoms with Crippen molar-refractivity contribution in [3.8, 4) is 11.5 Å². The second-order valence-electron chi connectivity index (χ2n) is 8.10. The lowest BCUT2D eigenvalue weighted by atomic mass is 10.0. The lowest BCUT2D eigenvalue weighted by Gasteiger charge is -2.32. The van der Waals surface area contributed by atoms with Crippen LogP contribution in [0.25, 0.3) is 0 Å². The van der Waals surface area contributed by atoms with Gasteiger partial charge in [0.05, 0.1) is 6.61 Å². The first-order chi connectivity index (χ1) is 15.5. The molecular weight excluding hydrogens is 406 g/mol. The summed E-state index contributed by atoms with van der Waals surface area (Å²) in [5.41, 5.74) is 4.80. The Bertz CT molecular complexity index is 1140. The van der Waals surface area contributed by atoms with Crippen LogP contribution in [0, 0.1) is 5.92 Å². The number of carbonyl (C=O) groups is 1. The van der Waals surface area contributed by atoms with Crippen LogP contribution in [0.1, 0.15) is 35.0 Å². The van der Waals surface area contributed by atoms with Crippen molar-refractivity contribution in [1.82, 2.24) is 9.58 Å². The normalized spacial score (nSPS) is 13.9. The molecule has 1 amide bonds. The first kappa shape index (κ1) is 21.5. The summed E-state index contributed by atoms with van der Waals surface area (Å²) >= 11 is 0. The number of ether oxygens (including phenoxy) is 1. The minimum atomic E-state index is -0.566. The topological polar surface area (TPSA) is 83.8 Å². The lowest BCUT2D eigenvalue weighted by molar-refractivity contribution is 0.0690. The van der Waals surface area contributed by atoms with Gasteiger partial charge in [-0.2, -0.15) is 0 Å². The first-order valence-corrected chi connectivity index (χ1v) is 10.8. The van der Waals surface area contributed by atoms with Gasteiger partial charge in [0.25, 0.3) is 5.91 Å². The van der Waals surface area contributed by atoms with Crippen LogP contribution in [0.15, 0.2) is 71.7 Å². The summed E-state index contributed by atoms with van der Waals surface area (Å²) in [4.78, 5) is 26.1. The largest absolute Gasteiger partial charge is 0.502 e. The van der Waals surface area contributed by atoms with Gasteiger partial charge in [0, 0.05) is 25.2 Å². The van der Waals surface area contributed by atoms with E-state index in [0.717, 1.165) is 24.2 Å². The number of amides is 1.